The largest absolute Gasteiger partial charge is 0.491 e. The fourth-order valence-corrected chi connectivity index (χ4v) is 4.40. The van der Waals surface area contributed by atoms with Crippen molar-refractivity contribution < 1.29 is 37.9 Å². The second-order valence-electron chi connectivity index (χ2n) is 10.3. The minimum absolute atomic E-state index is 0.0505. The van der Waals surface area contributed by atoms with Gasteiger partial charge in [0.05, 0.1) is 39.1 Å². The number of ether oxygens (including phenoxy) is 8. The summed E-state index contributed by atoms with van der Waals surface area (Å²) in [6, 6.07) is 24.2. The molecule has 0 amide bonds. The lowest BCUT2D eigenvalue weighted by atomic mass is 10.1. The lowest BCUT2D eigenvalue weighted by molar-refractivity contribution is -0.0207. The van der Waals surface area contributed by atoms with Crippen molar-refractivity contribution in [3.63, 3.8) is 0 Å². The summed E-state index contributed by atoms with van der Waals surface area (Å²) in [6.45, 7) is 7.09. The average Bonchev–Trinajstić information content (AvgIpc) is 3.92. The Morgan fingerprint density at radius 1 is 0.585 bits per heavy atom. The quantitative estimate of drug-likeness (QED) is 0.125. The highest BCUT2D eigenvalue weighted by atomic mass is 16.6. The van der Waals surface area contributed by atoms with Crippen LogP contribution >= 0.6 is 0 Å². The first kappa shape index (κ1) is 27.6. The predicted octanol–water partition coefficient (Wildman–Crippen LogP) is 5.43. The van der Waals surface area contributed by atoms with E-state index < -0.39 is 0 Å². The molecule has 0 radical (unpaired) electrons. The van der Waals surface area contributed by atoms with Gasteiger partial charge in [0.15, 0.2) is 0 Å². The number of fused-ring (bicyclic) bond motifs is 2. The lowest BCUT2D eigenvalue weighted by Gasteiger charge is -2.15. The molecule has 3 unspecified atom stereocenters. The SMILES string of the molecule is CC(COCCOc1ccc2ccc(OCC3CO3)cc2c1)OCCOc1ccc2ccc(OCC3CO3)cc2c1. The molecule has 8 heteroatoms. The first-order chi connectivity index (χ1) is 20.2. The van der Waals surface area contributed by atoms with E-state index in [-0.39, 0.29) is 18.3 Å². The van der Waals surface area contributed by atoms with Gasteiger partial charge in [-0.1, -0.05) is 24.3 Å². The Kier molecular flexibility index (Phi) is 9.02. The first-order valence-corrected chi connectivity index (χ1v) is 14.2. The fraction of sp³-hybridized carbons (Fsp3) is 0.394. The maximum absolute atomic E-state index is 5.91. The Labute approximate surface area is 239 Å². The summed E-state index contributed by atoms with van der Waals surface area (Å²) in [5.74, 6) is 3.28. The van der Waals surface area contributed by atoms with Crippen molar-refractivity contribution in [3.8, 4) is 23.0 Å². The smallest absolute Gasteiger partial charge is 0.120 e. The van der Waals surface area contributed by atoms with E-state index in [1.54, 1.807) is 0 Å². The zero-order valence-electron chi connectivity index (χ0n) is 23.3. The molecule has 8 nitrogen and oxygen atoms in total. The molecule has 2 saturated heterocycles. The summed E-state index contributed by atoms with van der Waals surface area (Å²) >= 11 is 0. The van der Waals surface area contributed by atoms with Gasteiger partial charge in [-0.05, 0) is 77.0 Å². The van der Waals surface area contributed by atoms with Crippen molar-refractivity contribution in [1.82, 2.24) is 0 Å². The molecule has 0 aromatic heterocycles. The minimum Gasteiger partial charge on any atom is -0.491 e. The van der Waals surface area contributed by atoms with Crippen LogP contribution in [0.4, 0.5) is 0 Å². The van der Waals surface area contributed by atoms with E-state index in [9.17, 15) is 0 Å². The number of hydrogen-bond donors (Lipinski definition) is 0. The zero-order valence-corrected chi connectivity index (χ0v) is 23.3. The normalized spacial score (nSPS) is 18.3. The molecule has 216 valence electrons. The highest BCUT2D eigenvalue weighted by Crippen LogP contribution is 2.27. The Hall–Kier alpha value is -3.56. The third-order valence-corrected chi connectivity index (χ3v) is 6.85. The second-order valence-corrected chi connectivity index (χ2v) is 10.3. The van der Waals surface area contributed by atoms with E-state index in [1.807, 2.05) is 67.6 Å². The van der Waals surface area contributed by atoms with Crippen molar-refractivity contribution in [2.45, 2.75) is 25.2 Å². The molecular weight excluding hydrogens is 524 g/mol. The molecule has 2 heterocycles. The maximum Gasteiger partial charge on any atom is 0.120 e. The molecule has 0 aliphatic carbocycles. The van der Waals surface area contributed by atoms with Gasteiger partial charge >= 0.3 is 0 Å². The standard InChI is InChI=1S/C33H36O8/c1-23(35-12-13-37-29-7-3-25-5-9-31(17-27(25)15-29)39-20-33-22-41-33)18-34-10-11-36-28-6-2-24-4-8-30(16-26(24)14-28)38-19-32-21-40-32/h2-9,14-17,23,32-33H,10-13,18-22H2,1H3. The van der Waals surface area contributed by atoms with Gasteiger partial charge in [0.2, 0.25) is 0 Å². The highest BCUT2D eigenvalue weighted by molar-refractivity contribution is 5.86. The number of benzene rings is 4. The number of rotatable bonds is 17. The molecule has 4 aromatic carbocycles. The van der Waals surface area contributed by atoms with Crippen molar-refractivity contribution in [1.29, 1.82) is 0 Å². The summed E-state index contributed by atoms with van der Waals surface area (Å²) in [7, 11) is 0. The Morgan fingerprint density at radius 3 is 1.49 bits per heavy atom. The molecule has 0 bridgehead atoms. The predicted molar refractivity (Wildman–Crippen MR) is 156 cm³/mol. The fourth-order valence-electron chi connectivity index (χ4n) is 4.40. The monoisotopic (exact) mass is 560 g/mol. The van der Waals surface area contributed by atoms with Crippen LogP contribution in [-0.2, 0) is 18.9 Å². The van der Waals surface area contributed by atoms with Crippen LogP contribution in [0, 0.1) is 0 Å². The highest BCUT2D eigenvalue weighted by Gasteiger charge is 2.23. The van der Waals surface area contributed by atoms with Gasteiger partial charge in [0, 0.05) is 0 Å². The summed E-state index contributed by atoms with van der Waals surface area (Å²) < 4.78 is 45.4. The zero-order chi connectivity index (χ0) is 27.9. The molecule has 4 aromatic rings. The Balaban J connectivity index is 0.859. The number of epoxide rings is 2. The van der Waals surface area contributed by atoms with Gasteiger partial charge in [-0.15, -0.1) is 0 Å². The van der Waals surface area contributed by atoms with Crippen molar-refractivity contribution in [3.05, 3.63) is 72.8 Å². The van der Waals surface area contributed by atoms with Crippen LogP contribution in [-0.4, -0.2) is 77.8 Å². The molecule has 2 aliphatic rings. The van der Waals surface area contributed by atoms with E-state index in [0.717, 1.165) is 57.8 Å². The Morgan fingerprint density at radius 2 is 1.02 bits per heavy atom. The maximum atomic E-state index is 5.91. The summed E-state index contributed by atoms with van der Waals surface area (Å²) in [6.07, 6.45) is 0.422. The molecule has 0 saturated carbocycles. The molecule has 0 N–H and O–H groups in total. The van der Waals surface area contributed by atoms with Crippen LogP contribution in [0.3, 0.4) is 0 Å². The molecular formula is C33H36O8. The van der Waals surface area contributed by atoms with E-state index in [2.05, 4.69) is 12.1 Å². The first-order valence-electron chi connectivity index (χ1n) is 14.2. The van der Waals surface area contributed by atoms with Crippen LogP contribution in [0.25, 0.3) is 21.5 Å². The molecule has 2 fully saturated rings. The van der Waals surface area contributed by atoms with E-state index in [4.69, 9.17) is 37.9 Å². The van der Waals surface area contributed by atoms with Crippen LogP contribution in [0.2, 0.25) is 0 Å². The van der Waals surface area contributed by atoms with Gasteiger partial charge in [-0.25, -0.2) is 0 Å². The third-order valence-electron chi connectivity index (χ3n) is 6.85. The van der Waals surface area contributed by atoms with Crippen molar-refractivity contribution in [2.75, 3.05) is 59.5 Å². The summed E-state index contributed by atoms with van der Waals surface area (Å²) in [4.78, 5) is 0. The van der Waals surface area contributed by atoms with Crippen molar-refractivity contribution >= 4 is 21.5 Å². The van der Waals surface area contributed by atoms with Crippen LogP contribution < -0.4 is 18.9 Å². The van der Waals surface area contributed by atoms with Crippen LogP contribution in [0.15, 0.2) is 72.8 Å². The topological polar surface area (TPSA) is 80.4 Å². The summed E-state index contributed by atoms with van der Waals surface area (Å²) in [5, 5.41) is 4.42. The second kappa shape index (κ2) is 13.4. The van der Waals surface area contributed by atoms with Gasteiger partial charge < -0.3 is 37.9 Å². The summed E-state index contributed by atoms with van der Waals surface area (Å²) in [5.41, 5.74) is 0. The van der Waals surface area contributed by atoms with E-state index in [0.29, 0.717) is 46.2 Å². The van der Waals surface area contributed by atoms with E-state index in [1.165, 1.54) is 0 Å². The Bertz CT molecular complexity index is 1430. The van der Waals surface area contributed by atoms with Crippen LogP contribution in [0.5, 0.6) is 23.0 Å². The van der Waals surface area contributed by atoms with Gasteiger partial charge in [0.1, 0.15) is 61.6 Å². The molecule has 3 atom stereocenters. The minimum atomic E-state index is -0.0505. The molecule has 0 spiro atoms. The van der Waals surface area contributed by atoms with Crippen molar-refractivity contribution in [2.24, 2.45) is 0 Å². The average molecular weight is 561 g/mol. The molecule has 2 aliphatic heterocycles. The molecule has 6 rings (SSSR count). The van der Waals surface area contributed by atoms with Gasteiger partial charge in [-0.2, -0.15) is 0 Å². The van der Waals surface area contributed by atoms with Gasteiger partial charge in [0.25, 0.3) is 0 Å². The third kappa shape index (κ3) is 8.47. The van der Waals surface area contributed by atoms with Gasteiger partial charge in [-0.3, -0.25) is 0 Å². The van der Waals surface area contributed by atoms with E-state index >= 15 is 0 Å². The molecule has 41 heavy (non-hydrogen) atoms. The number of hydrogen-bond acceptors (Lipinski definition) is 8. The van der Waals surface area contributed by atoms with Crippen LogP contribution in [0.1, 0.15) is 6.92 Å². The lowest BCUT2D eigenvalue weighted by Crippen LogP contribution is -2.21.